The predicted molar refractivity (Wildman–Crippen MR) is 95.0 cm³/mol. The zero-order valence-corrected chi connectivity index (χ0v) is 15.2. The van der Waals surface area contributed by atoms with E-state index in [1.165, 1.54) is 61.9 Å². The number of carbonyl (C=O) groups is 1. The monoisotopic (exact) mass is 478 g/mol. The highest BCUT2D eigenvalue weighted by Crippen LogP contribution is 2.15. The summed E-state index contributed by atoms with van der Waals surface area (Å²) in [5.74, 6) is -0.844. The van der Waals surface area contributed by atoms with E-state index in [2.05, 4.69) is 45.2 Å². The van der Waals surface area contributed by atoms with E-state index >= 15 is 0 Å². The maximum atomic E-state index is 10.3. The first kappa shape index (κ1) is 18.7. The lowest BCUT2D eigenvalue weighted by molar-refractivity contribution is -0.131. The number of carboxylic acids is 1. The molecule has 0 aromatic rings. The number of rotatable bonds is 12. The van der Waals surface area contributed by atoms with Gasteiger partial charge in [-0.05, 0) is 17.3 Å². The third-order valence-corrected chi connectivity index (χ3v) is 4.61. The van der Waals surface area contributed by atoms with Crippen molar-refractivity contribution in [2.45, 2.75) is 61.7 Å². The van der Waals surface area contributed by atoms with Gasteiger partial charge in [-0.1, -0.05) is 96.2 Å². The van der Waals surface area contributed by atoms with Crippen LogP contribution < -0.4 is 0 Å². The molecular weight excluding hydrogens is 454 g/mol. The second-order valence-corrected chi connectivity index (χ2v) is 7.20. The molecule has 106 valence electrons. The fraction of sp³-hybridized carbons (Fsp3) is 0.786. The largest absolute Gasteiger partial charge is 0.478 e. The molecule has 0 heterocycles. The Morgan fingerprint density at radius 2 is 1.50 bits per heavy atom. The summed E-state index contributed by atoms with van der Waals surface area (Å²) >= 11 is 4.75. The molecule has 0 aromatic heterocycles. The molecular formula is C14H24I2O2. The number of unbranched alkanes of at least 4 members (excludes halogenated alkanes) is 7. The topological polar surface area (TPSA) is 37.3 Å². The Morgan fingerprint density at radius 3 is 2.00 bits per heavy atom. The summed E-state index contributed by atoms with van der Waals surface area (Å²) < 4.78 is 1.65. The Kier molecular flexibility index (Phi) is 14.6. The molecule has 0 rings (SSSR count). The highest BCUT2D eigenvalue weighted by Gasteiger charge is 2.00. The quantitative estimate of drug-likeness (QED) is 0.177. The van der Waals surface area contributed by atoms with Gasteiger partial charge in [-0.25, -0.2) is 4.79 Å². The molecule has 0 fully saturated rings. The molecule has 0 aliphatic heterocycles. The number of halogens is 2. The molecule has 1 atom stereocenters. The summed E-state index contributed by atoms with van der Waals surface area (Å²) in [7, 11) is 0. The van der Waals surface area contributed by atoms with E-state index in [0.717, 1.165) is 6.42 Å². The molecule has 2 nitrogen and oxygen atoms in total. The number of carboxylic acid groups (broad SMARTS) is 1. The minimum absolute atomic E-state index is 0.363. The Balaban J connectivity index is 3.22. The number of hydrogen-bond acceptors (Lipinski definition) is 1. The van der Waals surface area contributed by atoms with Crippen LogP contribution in [0.4, 0.5) is 0 Å². The van der Waals surface area contributed by atoms with Crippen LogP contribution in [0.3, 0.4) is 0 Å². The summed E-state index contributed by atoms with van der Waals surface area (Å²) in [6.07, 6.45) is 14.8. The van der Waals surface area contributed by atoms with Crippen LogP contribution in [0.25, 0.3) is 0 Å². The van der Waals surface area contributed by atoms with E-state index in [-0.39, 0.29) is 0 Å². The van der Waals surface area contributed by atoms with Gasteiger partial charge in [-0.3, -0.25) is 0 Å². The summed E-state index contributed by atoms with van der Waals surface area (Å²) in [5.41, 5.74) is 0. The summed E-state index contributed by atoms with van der Waals surface area (Å²) in [6, 6.07) is 0. The lowest BCUT2D eigenvalue weighted by Crippen LogP contribution is -1.95. The van der Waals surface area contributed by atoms with Crippen molar-refractivity contribution in [2.24, 2.45) is 0 Å². The van der Waals surface area contributed by atoms with Crippen molar-refractivity contribution in [3.8, 4) is 0 Å². The lowest BCUT2D eigenvalue weighted by Gasteiger charge is -2.04. The standard InChI is InChI=1S/C14H24I2O2/c15-12-8-6-4-2-1-3-5-7-9-13(16)10-11-14(17)18/h10-11,13H,1-9,12H2,(H,17,18). The van der Waals surface area contributed by atoms with Gasteiger partial charge in [0.2, 0.25) is 0 Å². The van der Waals surface area contributed by atoms with Crippen molar-refractivity contribution in [3.05, 3.63) is 12.2 Å². The van der Waals surface area contributed by atoms with Gasteiger partial charge >= 0.3 is 5.97 Å². The molecule has 0 bridgehead atoms. The maximum Gasteiger partial charge on any atom is 0.328 e. The minimum atomic E-state index is -0.844. The zero-order chi connectivity index (χ0) is 13.6. The SMILES string of the molecule is O=C(O)C=CC(I)CCCCCCCCCCI. The molecule has 0 saturated carbocycles. The lowest BCUT2D eigenvalue weighted by atomic mass is 10.1. The minimum Gasteiger partial charge on any atom is -0.478 e. The number of alkyl halides is 2. The Morgan fingerprint density at radius 1 is 1.00 bits per heavy atom. The maximum absolute atomic E-state index is 10.3. The van der Waals surface area contributed by atoms with E-state index in [9.17, 15) is 4.79 Å². The Bertz CT molecular complexity index is 230. The van der Waals surface area contributed by atoms with Gasteiger partial charge in [0.1, 0.15) is 0 Å². The van der Waals surface area contributed by atoms with Crippen molar-refractivity contribution in [2.75, 3.05) is 4.43 Å². The van der Waals surface area contributed by atoms with Gasteiger partial charge in [0.05, 0.1) is 0 Å². The third kappa shape index (κ3) is 14.7. The second-order valence-electron chi connectivity index (χ2n) is 4.52. The van der Waals surface area contributed by atoms with Gasteiger partial charge in [0, 0.05) is 10.0 Å². The van der Waals surface area contributed by atoms with Crippen molar-refractivity contribution in [3.63, 3.8) is 0 Å². The molecule has 0 amide bonds. The molecule has 1 N–H and O–H groups in total. The first-order valence-electron chi connectivity index (χ1n) is 6.78. The van der Waals surface area contributed by atoms with Gasteiger partial charge < -0.3 is 5.11 Å². The van der Waals surface area contributed by atoms with E-state index in [4.69, 9.17) is 5.11 Å². The van der Waals surface area contributed by atoms with Gasteiger partial charge in [-0.2, -0.15) is 0 Å². The van der Waals surface area contributed by atoms with E-state index in [1.807, 2.05) is 0 Å². The second kappa shape index (κ2) is 14.1. The van der Waals surface area contributed by atoms with Gasteiger partial charge in [0.15, 0.2) is 0 Å². The van der Waals surface area contributed by atoms with Crippen LogP contribution in [0.1, 0.15) is 57.8 Å². The average molecular weight is 478 g/mol. The molecule has 0 aliphatic rings. The van der Waals surface area contributed by atoms with Gasteiger partial charge in [0.25, 0.3) is 0 Å². The molecule has 0 radical (unpaired) electrons. The van der Waals surface area contributed by atoms with Crippen LogP contribution in [-0.4, -0.2) is 19.4 Å². The van der Waals surface area contributed by atoms with Crippen molar-refractivity contribution >= 4 is 51.2 Å². The highest BCUT2D eigenvalue weighted by atomic mass is 127. The Labute approximate surface area is 138 Å². The van der Waals surface area contributed by atoms with Crippen LogP contribution in [0.15, 0.2) is 12.2 Å². The molecule has 4 heteroatoms. The zero-order valence-electron chi connectivity index (χ0n) is 10.9. The Hall–Kier alpha value is 0.670. The third-order valence-electron chi connectivity index (χ3n) is 2.81. The molecule has 0 saturated heterocycles. The predicted octanol–water partition coefficient (Wildman–Crippen LogP) is 5.38. The summed E-state index contributed by atoms with van der Waals surface area (Å²) in [6.45, 7) is 0. The molecule has 0 aromatic carbocycles. The van der Waals surface area contributed by atoms with Crippen molar-refractivity contribution in [1.29, 1.82) is 0 Å². The number of hydrogen-bond donors (Lipinski definition) is 1. The van der Waals surface area contributed by atoms with E-state index in [1.54, 1.807) is 6.08 Å². The van der Waals surface area contributed by atoms with Crippen LogP contribution in [-0.2, 0) is 4.79 Å². The fourth-order valence-electron chi connectivity index (χ4n) is 1.78. The summed E-state index contributed by atoms with van der Waals surface area (Å²) in [5, 5.41) is 8.50. The normalized spacial score (nSPS) is 13.0. The first-order valence-corrected chi connectivity index (χ1v) is 9.55. The molecule has 18 heavy (non-hydrogen) atoms. The van der Waals surface area contributed by atoms with Crippen LogP contribution >= 0.6 is 45.2 Å². The summed E-state index contributed by atoms with van der Waals surface area (Å²) in [4.78, 5) is 10.3. The van der Waals surface area contributed by atoms with E-state index in [0.29, 0.717) is 3.92 Å². The number of allylic oxidation sites excluding steroid dienone is 1. The number of aliphatic carboxylic acids is 1. The molecule has 0 aliphatic carbocycles. The fourth-order valence-corrected chi connectivity index (χ4v) is 2.96. The molecule has 0 spiro atoms. The molecule has 1 unspecified atom stereocenters. The van der Waals surface area contributed by atoms with Crippen molar-refractivity contribution in [1.82, 2.24) is 0 Å². The van der Waals surface area contributed by atoms with Crippen LogP contribution in [0.2, 0.25) is 0 Å². The van der Waals surface area contributed by atoms with Crippen molar-refractivity contribution < 1.29 is 9.90 Å². The first-order chi connectivity index (χ1) is 8.66. The van der Waals surface area contributed by atoms with Gasteiger partial charge in [-0.15, -0.1) is 0 Å². The van der Waals surface area contributed by atoms with Crippen LogP contribution in [0, 0.1) is 0 Å². The highest BCUT2D eigenvalue weighted by molar-refractivity contribution is 14.1. The smallest absolute Gasteiger partial charge is 0.328 e. The van der Waals surface area contributed by atoms with Crippen LogP contribution in [0.5, 0.6) is 0 Å². The van der Waals surface area contributed by atoms with E-state index < -0.39 is 5.97 Å². The average Bonchev–Trinajstić information content (AvgIpc) is 2.34.